The first-order valence-electron chi connectivity index (χ1n) is 5.52. The SMILES string of the molecule is CCNCCCCOc1cc(Br)ccc1Cl. The minimum atomic E-state index is 0.662. The van der Waals surface area contributed by atoms with Crippen LogP contribution in [0.25, 0.3) is 0 Å². The molecule has 0 unspecified atom stereocenters. The van der Waals surface area contributed by atoms with Gasteiger partial charge in [-0.2, -0.15) is 0 Å². The summed E-state index contributed by atoms with van der Waals surface area (Å²) >= 11 is 9.39. The summed E-state index contributed by atoms with van der Waals surface area (Å²) in [5.74, 6) is 0.750. The summed E-state index contributed by atoms with van der Waals surface area (Å²) in [6, 6.07) is 5.63. The van der Waals surface area contributed by atoms with Gasteiger partial charge in [0.15, 0.2) is 0 Å². The normalized spacial score (nSPS) is 10.4. The molecule has 0 saturated heterocycles. The zero-order chi connectivity index (χ0) is 11.8. The number of ether oxygens (including phenoxy) is 1. The van der Waals surface area contributed by atoms with E-state index in [1.807, 2.05) is 18.2 Å². The van der Waals surface area contributed by atoms with Crippen molar-refractivity contribution in [1.29, 1.82) is 0 Å². The van der Waals surface area contributed by atoms with E-state index < -0.39 is 0 Å². The summed E-state index contributed by atoms with van der Waals surface area (Å²) < 4.78 is 6.59. The first-order chi connectivity index (χ1) is 7.74. The topological polar surface area (TPSA) is 21.3 Å². The number of hydrogen-bond donors (Lipinski definition) is 1. The molecule has 1 aromatic rings. The van der Waals surface area contributed by atoms with Crippen LogP contribution in [0.15, 0.2) is 22.7 Å². The Hall–Kier alpha value is -0.250. The fourth-order valence-electron chi connectivity index (χ4n) is 1.30. The maximum absolute atomic E-state index is 6.00. The molecule has 2 nitrogen and oxygen atoms in total. The molecule has 90 valence electrons. The Morgan fingerprint density at radius 3 is 2.94 bits per heavy atom. The van der Waals surface area contributed by atoms with E-state index in [1.165, 1.54) is 0 Å². The van der Waals surface area contributed by atoms with Crippen LogP contribution in [0.5, 0.6) is 5.75 Å². The van der Waals surface area contributed by atoms with Crippen molar-refractivity contribution >= 4 is 27.5 Å². The third kappa shape index (κ3) is 5.19. The third-order valence-electron chi connectivity index (χ3n) is 2.15. The van der Waals surface area contributed by atoms with Crippen molar-refractivity contribution in [1.82, 2.24) is 5.32 Å². The summed E-state index contributed by atoms with van der Waals surface area (Å²) in [6.45, 7) is 4.89. The fraction of sp³-hybridized carbons (Fsp3) is 0.500. The summed E-state index contributed by atoms with van der Waals surface area (Å²) in [4.78, 5) is 0. The summed E-state index contributed by atoms with van der Waals surface area (Å²) in [5, 5.41) is 3.94. The maximum atomic E-state index is 6.00. The number of unbranched alkanes of at least 4 members (excludes halogenated alkanes) is 1. The van der Waals surface area contributed by atoms with Gasteiger partial charge in [-0.3, -0.25) is 0 Å². The highest BCUT2D eigenvalue weighted by molar-refractivity contribution is 9.10. The highest BCUT2D eigenvalue weighted by Crippen LogP contribution is 2.27. The van der Waals surface area contributed by atoms with Gasteiger partial charge in [-0.15, -0.1) is 0 Å². The van der Waals surface area contributed by atoms with Gasteiger partial charge in [-0.1, -0.05) is 34.5 Å². The quantitative estimate of drug-likeness (QED) is 0.772. The minimum absolute atomic E-state index is 0.662. The van der Waals surface area contributed by atoms with Gasteiger partial charge >= 0.3 is 0 Å². The molecule has 0 aromatic heterocycles. The molecule has 1 aromatic carbocycles. The molecule has 0 bridgehead atoms. The van der Waals surface area contributed by atoms with Gasteiger partial charge in [0.2, 0.25) is 0 Å². The smallest absolute Gasteiger partial charge is 0.139 e. The maximum Gasteiger partial charge on any atom is 0.139 e. The molecule has 0 aliphatic heterocycles. The molecule has 0 aliphatic carbocycles. The van der Waals surface area contributed by atoms with Gasteiger partial charge in [0.05, 0.1) is 11.6 Å². The molecule has 0 saturated carbocycles. The molecule has 1 N–H and O–H groups in total. The van der Waals surface area contributed by atoms with Crippen LogP contribution in [0.4, 0.5) is 0 Å². The molecule has 0 heterocycles. The van der Waals surface area contributed by atoms with E-state index in [0.29, 0.717) is 11.6 Å². The molecule has 0 aliphatic rings. The van der Waals surface area contributed by atoms with Crippen molar-refractivity contribution in [2.45, 2.75) is 19.8 Å². The van der Waals surface area contributed by atoms with Crippen LogP contribution in [0, 0.1) is 0 Å². The predicted octanol–water partition coefficient (Wildman–Crippen LogP) is 3.87. The Balaban J connectivity index is 2.23. The Labute approximate surface area is 110 Å². The monoisotopic (exact) mass is 305 g/mol. The van der Waals surface area contributed by atoms with Crippen molar-refractivity contribution in [3.63, 3.8) is 0 Å². The molecule has 4 heteroatoms. The van der Waals surface area contributed by atoms with E-state index in [2.05, 4.69) is 28.2 Å². The summed E-state index contributed by atoms with van der Waals surface area (Å²) in [6.07, 6.45) is 2.16. The minimum Gasteiger partial charge on any atom is -0.492 e. The van der Waals surface area contributed by atoms with Gasteiger partial charge in [-0.05, 0) is 44.1 Å². The van der Waals surface area contributed by atoms with E-state index in [-0.39, 0.29) is 0 Å². The fourth-order valence-corrected chi connectivity index (χ4v) is 1.81. The summed E-state index contributed by atoms with van der Waals surface area (Å²) in [7, 11) is 0. The van der Waals surface area contributed by atoms with Crippen LogP contribution in [-0.4, -0.2) is 19.7 Å². The summed E-state index contributed by atoms with van der Waals surface area (Å²) in [5.41, 5.74) is 0. The number of halogens is 2. The van der Waals surface area contributed by atoms with Crippen LogP contribution in [0.3, 0.4) is 0 Å². The van der Waals surface area contributed by atoms with Crippen LogP contribution < -0.4 is 10.1 Å². The Bertz CT molecular complexity index is 320. The van der Waals surface area contributed by atoms with Crippen molar-refractivity contribution < 1.29 is 4.74 Å². The van der Waals surface area contributed by atoms with Crippen LogP contribution in [0.2, 0.25) is 5.02 Å². The van der Waals surface area contributed by atoms with E-state index in [4.69, 9.17) is 16.3 Å². The lowest BCUT2D eigenvalue weighted by Crippen LogP contribution is -2.14. The average molecular weight is 307 g/mol. The van der Waals surface area contributed by atoms with Crippen LogP contribution in [0.1, 0.15) is 19.8 Å². The van der Waals surface area contributed by atoms with Gasteiger partial charge in [0.1, 0.15) is 5.75 Å². The van der Waals surface area contributed by atoms with E-state index in [1.54, 1.807) is 0 Å². The highest BCUT2D eigenvalue weighted by Gasteiger charge is 2.01. The third-order valence-corrected chi connectivity index (χ3v) is 2.95. The Morgan fingerprint density at radius 1 is 1.38 bits per heavy atom. The molecular formula is C12H17BrClNO. The second-order valence-electron chi connectivity index (χ2n) is 3.48. The lowest BCUT2D eigenvalue weighted by Gasteiger charge is -2.08. The second-order valence-corrected chi connectivity index (χ2v) is 4.81. The van der Waals surface area contributed by atoms with Gasteiger partial charge in [0, 0.05) is 4.47 Å². The first-order valence-corrected chi connectivity index (χ1v) is 6.69. The zero-order valence-corrected chi connectivity index (χ0v) is 11.8. The molecule has 1 rings (SSSR count). The van der Waals surface area contributed by atoms with Gasteiger partial charge in [0.25, 0.3) is 0 Å². The van der Waals surface area contributed by atoms with Gasteiger partial charge < -0.3 is 10.1 Å². The molecule has 0 atom stereocenters. The standard InChI is InChI=1S/C12H17BrClNO/c1-2-15-7-3-4-8-16-12-9-10(13)5-6-11(12)14/h5-6,9,15H,2-4,7-8H2,1H3. The lowest BCUT2D eigenvalue weighted by molar-refractivity contribution is 0.306. The predicted molar refractivity (Wildman–Crippen MR) is 72.4 cm³/mol. The van der Waals surface area contributed by atoms with Crippen molar-refractivity contribution in [3.8, 4) is 5.75 Å². The molecule has 0 amide bonds. The molecular weight excluding hydrogens is 289 g/mol. The van der Waals surface area contributed by atoms with Crippen molar-refractivity contribution in [2.24, 2.45) is 0 Å². The van der Waals surface area contributed by atoms with E-state index in [0.717, 1.165) is 36.2 Å². The average Bonchev–Trinajstić information content (AvgIpc) is 2.28. The Kier molecular flexibility index (Phi) is 6.85. The zero-order valence-electron chi connectivity index (χ0n) is 9.43. The molecule has 16 heavy (non-hydrogen) atoms. The highest BCUT2D eigenvalue weighted by atomic mass is 79.9. The van der Waals surface area contributed by atoms with E-state index in [9.17, 15) is 0 Å². The molecule has 0 spiro atoms. The molecule has 0 radical (unpaired) electrons. The number of rotatable bonds is 7. The number of benzene rings is 1. The van der Waals surface area contributed by atoms with Crippen LogP contribution in [-0.2, 0) is 0 Å². The Morgan fingerprint density at radius 2 is 2.19 bits per heavy atom. The number of nitrogens with one attached hydrogen (secondary N) is 1. The van der Waals surface area contributed by atoms with Crippen LogP contribution >= 0.6 is 27.5 Å². The van der Waals surface area contributed by atoms with Gasteiger partial charge in [-0.25, -0.2) is 0 Å². The molecule has 0 fully saturated rings. The van der Waals surface area contributed by atoms with E-state index >= 15 is 0 Å². The first kappa shape index (κ1) is 13.8. The second kappa shape index (κ2) is 7.93. The lowest BCUT2D eigenvalue weighted by atomic mass is 10.3. The van der Waals surface area contributed by atoms with Crippen molar-refractivity contribution in [2.75, 3.05) is 19.7 Å². The van der Waals surface area contributed by atoms with Crippen molar-refractivity contribution in [3.05, 3.63) is 27.7 Å². The number of hydrogen-bond acceptors (Lipinski definition) is 2. The largest absolute Gasteiger partial charge is 0.492 e.